The summed E-state index contributed by atoms with van der Waals surface area (Å²) in [6.07, 6.45) is 2.69. The standard InChI is InChI=1S/C12H15N3OS2/c1-9(16)10(2)18-12-14-13-8-15(12)6-5-11-4-3-7-17-11/h3-4,7-8,10H,5-6H2,1-2H3. The predicted molar refractivity (Wildman–Crippen MR) is 74.0 cm³/mol. The topological polar surface area (TPSA) is 47.8 Å². The molecule has 0 saturated carbocycles. The maximum Gasteiger partial charge on any atom is 0.191 e. The highest BCUT2D eigenvalue weighted by atomic mass is 32.2. The number of ketones is 1. The number of carbonyl (C=O) groups is 1. The molecule has 2 heterocycles. The summed E-state index contributed by atoms with van der Waals surface area (Å²) in [5.74, 6) is 0.160. The van der Waals surface area contributed by atoms with Gasteiger partial charge in [0.1, 0.15) is 12.1 Å². The molecule has 2 aromatic heterocycles. The summed E-state index contributed by atoms with van der Waals surface area (Å²) < 4.78 is 2.00. The van der Waals surface area contributed by atoms with Crippen LogP contribution < -0.4 is 0 Å². The molecular weight excluding hydrogens is 266 g/mol. The van der Waals surface area contributed by atoms with E-state index in [2.05, 4.69) is 27.7 Å². The van der Waals surface area contributed by atoms with Gasteiger partial charge in [0.2, 0.25) is 0 Å². The quantitative estimate of drug-likeness (QED) is 0.764. The van der Waals surface area contributed by atoms with Crippen molar-refractivity contribution in [2.75, 3.05) is 0 Å². The summed E-state index contributed by atoms with van der Waals surface area (Å²) in [5.41, 5.74) is 0. The van der Waals surface area contributed by atoms with Crippen LogP contribution in [0.1, 0.15) is 18.7 Å². The highest BCUT2D eigenvalue weighted by Gasteiger charge is 2.14. The average molecular weight is 281 g/mol. The molecule has 0 saturated heterocycles. The van der Waals surface area contributed by atoms with Gasteiger partial charge in [0.15, 0.2) is 5.16 Å². The number of hydrogen-bond acceptors (Lipinski definition) is 5. The molecule has 96 valence electrons. The van der Waals surface area contributed by atoms with E-state index in [0.717, 1.165) is 18.1 Å². The molecule has 0 aliphatic heterocycles. The highest BCUT2D eigenvalue weighted by molar-refractivity contribution is 8.00. The van der Waals surface area contributed by atoms with Crippen molar-refractivity contribution in [3.8, 4) is 0 Å². The van der Waals surface area contributed by atoms with Gasteiger partial charge in [-0.1, -0.05) is 17.8 Å². The molecule has 0 fully saturated rings. The van der Waals surface area contributed by atoms with Gasteiger partial charge in [0, 0.05) is 11.4 Å². The summed E-state index contributed by atoms with van der Waals surface area (Å²) in [5, 5.41) is 10.8. The van der Waals surface area contributed by atoms with E-state index in [9.17, 15) is 4.79 Å². The Morgan fingerprint density at radius 2 is 2.44 bits per heavy atom. The van der Waals surface area contributed by atoms with E-state index in [1.165, 1.54) is 16.6 Å². The molecule has 0 aliphatic rings. The third kappa shape index (κ3) is 3.43. The minimum atomic E-state index is -0.0744. The molecule has 1 atom stereocenters. The van der Waals surface area contributed by atoms with Gasteiger partial charge in [-0.2, -0.15) is 0 Å². The zero-order chi connectivity index (χ0) is 13.0. The summed E-state index contributed by atoms with van der Waals surface area (Å²) in [4.78, 5) is 12.6. The van der Waals surface area contributed by atoms with Gasteiger partial charge >= 0.3 is 0 Å². The van der Waals surface area contributed by atoms with Crippen molar-refractivity contribution < 1.29 is 4.79 Å². The van der Waals surface area contributed by atoms with Gasteiger partial charge in [-0.3, -0.25) is 4.79 Å². The van der Waals surface area contributed by atoms with Crippen molar-refractivity contribution in [2.24, 2.45) is 0 Å². The van der Waals surface area contributed by atoms with Crippen molar-refractivity contribution in [1.29, 1.82) is 0 Å². The molecule has 18 heavy (non-hydrogen) atoms. The predicted octanol–water partition coefficient (Wildman–Crippen LogP) is 2.65. The number of aryl methyl sites for hydroxylation is 2. The number of thioether (sulfide) groups is 1. The fourth-order valence-corrected chi connectivity index (χ4v) is 2.96. The minimum Gasteiger partial charge on any atom is -0.308 e. The van der Waals surface area contributed by atoms with E-state index < -0.39 is 0 Å². The summed E-state index contributed by atoms with van der Waals surface area (Å²) in [6, 6.07) is 4.18. The Hall–Kier alpha value is -1.14. The lowest BCUT2D eigenvalue weighted by Crippen LogP contribution is -2.10. The van der Waals surface area contributed by atoms with Gasteiger partial charge in [-0.25, -0.2) is 0 Å². The van der Waals surface area contributed by atoms with Crippen LogP contribution in [0.4, 0.5) is 0 Å². The first-order valence-electron chi connectivity index (χ1n) is 5.74. The van der Waals surface area contributed by atoms with Crippen molar-refractivity contribution in [2.45, 2.75) is 37.2 Å². The van der Waals surface area contributed by atoms with E-state index in [1.54, 1.807) is 24.6 Å². The third-order valence-electron chi connectivity index (χ3n) is 2.61. The molecule has 0 spiro atoms. The lowest BCUT2D eigenvalue weighted by Gasteiger charge is -2.08. The van der Waals surface area contributed by atoms with Crippen LogP contribution in [0.2, 0.25) is 0 Å². The van der Waals surface area contributed by atoms with E-state index in [0.29, 0.717) is 0 Å². The molecule has 1 unspecified atom stereocenters. The Kier molecular flexibility index (Phi) is 4.54. The van der Waals surface area contributed by atoms with Crippen molar-refractivity contribution >= 4 is 28.9 Å². The molecule has 0 amide bonds. The van der Waals surface area contributed by atoms with Gasteiger partial charge < -0.3 is 4.57 Å². The lowest BCUT2D eigenvalue weighted by molar-refractivity contribution is -0.116. The zero-order valence-electron chi connectivity index (χ0n) is 10.4. The molecule has 0 N–H and O–H groups in total. The zero-order valence-corrected chi connectivity index (χ0v) is 12.0. The first kappa shape index (κ1) is 13.3. The molecular formula is C12H15N3OS2. The number of Topliss-reactive ketones (excluding diaryl/α,β-unsaturated/α-hetero) is 1. The molecule has 4 nitrogen and oxygen atoms in total. The van der Waals surface area contributed by atoms with Crippen molar-refractivity contribution in [3.63, 3.8) is 0 Å². The van der Waals surface area contributed by atoms with E-state index in [-0.39, 0.29) is 11.0 Å². The number of hydrogen-bond donors (Lipinski definition) is 0. The van der Waals surface area contributed by atoms with Crippen molar-refractivity contribution in [3.05, 3.63) is 28.7 Å². The smallest absolute Gasteiger partial charge is 0.191 e. The molecule has 0 aromatic carbocycles. The Morgan fingerprint density at radius 3 is 3.11 bits per heavy atom. The van der Waals surface area contributed by atoms with E-state index in [4.69, 9.17) is 0 Å². The molecule has 6 heteroatoms. The van der Waals surface area contributed by atoms with Crippen LogP contribution in [-0.2, 0) is 17.8 Å². The fourth-order valence-electron chi connectivity index (χ4n) is 1.42. The second kappa shape index (κ2) is 6.15. The second-order valence-corrected chi connectivity index (χ2v) is 6.35. The van der Waals surface area contributed by atoms with Crippen LogP contribution in [0.5, 0.6) is 0 Å². The number of rotatable bonds is 6. The Labute approximate surface area is 114 Å². The van der Waals surface area contributed by atoms with Gasteiger partial charge in [-0.15, -0.1) is 21.5 Å². The fraction of sp³-hybridized carbons (Fsp3) is 0.417. The van der Waals surface area contributed by atoms with Crippen LogP contribution in [0.25, 0.3) is 0 Å². The molecule has 0 radical (unpaired) electrons. The van der Waals surface area contributed by atoms with Crippen LogP contribution in [0.3, 0.4) is 0 Å². The lowest BCUT2D eigenvalue weighted by atomic mass is 10.3. The van der Waals surface area contributed by atoms with Gasteiger partial charge in [0.25, 0.3) is 0 Å². The van der Waals surface area contributed by atoms with Crippen LogP contribution >= 0.6 is 23.1 Å². The average Bonchev–Trinajstić information content (AvgIpc) is 2.97. The summed E-state index contributed by atoms with van der Waals surface area (Å²) >= 11 is 3.22. The Bertz CT molecular complexity index is 507. The summed E-state index contributed by atoms with van der Waals surface area (Å²) in [6.45, 7) is 4.34. The first-order valence-corrected chi connectivity index (χ1v) is 7.50. The van der Waals surface area contributed by atoms with Gasteiger partial charge in [0.05, 0.1) is 5.25 Å². The highest BCUT2D eigenvalue weighted by Crippen LogP contribution is 2.21. The molecule has 0 bridgehead atoms. The largest absolute Gasteiger partial charge is 0.308 e. The summed E-state index contributed by atoms with van der Waals surface area (Å²) in [7, 11) is 0. The Balaban J connectivity index is 1.97. The maximum absolute atomic E-state index is 11.2. The normalized spacial score (nSPS) is 12.6. The Morgan fingerprint density at radius 1 is 1.61 bits per heavy atom. The SMILES string of the molecule is CC(=O)C(C)Sc1nncn1CCc1cccs1. The first-order chi connectivity index (χ1) is 8.66. The molecule has 0 aliphatic carbocycles. The van der Waals surface area contributed by atoms with Crippen LogP contribution in [-0.4, -0.2) is 25.8 Å². The monoisotopic (exact) mass is 281 g/mol. The number of aromatic nitrogens is 3. The molecule has 2 aromatic rings. The second-order valence-electron chi connectivity index (χ2n) is 4.01. The number of nitrogens with zero attached hydrogens (tertiary/aromatic N) is 3. The number of carbonyl (C=O) groups excluding carboxylic acids is 1. The third-order valence-corrected chi connectivity index (χ3v) is 4.76. The maximum atomic E-state index is 11.2. The van der Waals surface area contributed by atoms with Crippen LogP contribution in [0, 0.1) is 0 Å². The van der Waals surface area contributed by atoms with Crippen molar-refractivity contribution in [1.82, 2.24) is 14.8 Å². The van der Waals surface area contributed by atoms with Crippen LogP contribution in [0.15, 0.2) is 29.0 Å². The van der Waals surface area contributed by atoms with E-state index >= 15 is 0 Å². The van der Waals surface area contributed by atoms with Gasteiger partial charge in [-0.05, 0) is 31.7 Å². The number of thiophene rings is 1. The molecule has 2 rings (SSSR count). The minimum absolute atomic E-state index is 0.0744. The van der Waals surface area contributed by atoms with E-state index in [1.807, 2.05) is 11.5 Å².